The van der Waals surface area contributed by atoms with Crippen LogP contribution in [0.5, 0.6) is 5.75 Å². The van der Waals surface area contributed by atoms with Gasteiger partial charge in [-0.1, -0.05) is 32.8 Å². The van der Waals surface area contributed by atoms with Gasteiger partial charge in [0.2, 0.25) is 0 Å². The molecule has 2 saturated carbocycles. The van der Waals surface area contributed by atoms with Crippen LogP contribution in [0.1, 0.15) is 69.4 Å². The van der Waals surface area contributed by atoms with Gasteiger partial charge in [0.25, 0.3) is 0 Å². The number of fused-ring (bicyclic) bond motifs is 5. The van der Waals surface area contributed by atoms with E-state index >= 15 is 0 Å². The summed E-state index contributed by atoms with van der Waals surface area (Å²) in [7, 11) is 0. The molecule has 126 valence electrons. The van der Waals surface area contributed by atoms with Crippen LogP contribution in [0, 0.1) is 23.2 Å². The van der Waals surface area contributed by atoms with Crippen LogP contribution < -0.4 is 0 Å². The number of aromatic hydroxyl groups is 1. The molecule has 0 aromatic heterocycles. The first-order valence-electron chi connectivity index (χ1n) is 9.51. The molecule has 2 heteroatoms. The number of benzene rings is 1. The molecule has 0 saturated heterocycles. The number of rotatable bonds is 2. The lowest BCUT2D eigenvalue weighted by Crippen LogP contribution is -2.44. The van der Waals surface area contributed by atoms with Crippen molar-refractivity contribution < 1.29 is 10.2 Å². The maximum atomic E-state index is 10.3. The van der Waals surface area contributed by atoms with E-state index in [9.17, 15) is 10.2 Å². The topological polar surface area (TPSA) is 40.5 Å². The predicted molar refractivity (Wildman–Crippen MR) is 92.5 cm³/mol. The molecule has 4 rings (SSSR count). The average Bonchev–Trinajstić information content (AvgIpc) is 2.81. The molecule has 2 fully saturated rings. The number of hydrogen-bond donors (Lipinski definition) is 2. The molecule has 6 atom stereocenters. The van der Waals surface area contributed by atoms with Gasteiger partial charge in [0, 0.05) is 0 Å². The number of aliphatic hydroxyl groups is 1. The van der Waals surface area contributed by atoms with Crippen molar-refractivity contribution in [3.63, 3.8) is 0 Å². The van der Waals surface area contributed by atoms with Crippen LogP contribution in [0.4, 0.5) is 0 Å². The van der Waals surface area contributed by atoms with Crippen molar-refractivity contribution in [3.8, 4) is 5.75 Å². The monoisotopic (exact) mass is 314 g/mol. The minimum Gasteiger partial charge on any atom is -0.508 e. The minimum atomic E-state index is -0.0905. The molecule has 3 aliphatic rings. The van der Waals surface area contributed by atoms with Gasteiger partial charge in [-0.25, -0.2) is 0 Å². The van der Waals surface area contributed by atoms with Crippen molar-refractivity contribution in [2.75, 3.05) is 0 Å². The molecular weight excluding hydrogens is 284 g/mol. The molecule has 0 spiro atoms. The normalized spacial score (nSPS) is 42.0. The zero-order valence-electron chi connectivity index (χ0n) is 14.5. The van der Waals surface area contributed by atoms with Crippen molar-refractivity contribution in [2.45, 2.75) is 70.8 Å². The second-order valence-corrected chi connectivity index (χ2v) is 8.71. The molecular formula is C21H30O2. The van der Waals surface area contributed by atoms with Gasteiger partial charge >= 0.3 is 0 Å². The summed E-state index contributed by atoms with van der Waals surface area (Å²) in [6, 6.07) is 6.05. The molecule has 2 nitrogen and oxygen atoms in total. The van der Waals surface area contributed by atoms with Gasteiger partial charge in [0.05, 0.1) is 6.10 Å². The zero-order valence-corrected chi connectivity index (χ0v) is 14.5. The van der Waals surface area contributed by atoms with E-state index in [0.29, 0.717) is 28.9 Å². The first kappa shape index (κ1) is 15.5. The van der Waals surface area contributed by atoms with Gasteiger partial charge in [-0.2, -0.15) is 0 Å². The largest absolute Gasteiger partial charge is 0.508 e. The molecule has 0 bridgehead atoms. The third kappa shape index (κ3) is 2.41. The van der Waals surface area contributed by atoms with E-state index in [1.54, 1.807) is 0 Å². The maximum absolute atomic E-state index is 10.3. The third-order valence-corrected chi connectivity index (χ3v) is 7.29. The molecule has 0 radical (unpaired) electrons. The van der Waals surface area contributed by atoms with Gasteiger partial charge in [-0.15, -0.1) is 0 Å². The van der Waals surface area contributed by atoms with E-state index < -0.39 is 0 Å². The Labute approximate surface area is 139 Å². The van der Waals surface area contributed by atoms with Crippen molar-refractivity contribution in [3.05, 3.63) is 29.3 Å². The third-order valence-electron chi connectivity index (χ3n) is 7.29. The zero-order chi connectivity index (χ0) is 16.2. The lowest BCUT2D eigenvalue weighted by molar-refractivity contribution is 0.0231. The number of phenols is 1. The summed E-state index contributed by atoms with van der Waals surface area (Å²) in [4.78, 5) is 0. The highest BCUT2D eigenvalue weighted by molar-refractivity contribution is 5.40. The van der Waals surface area contributed by atoms with Gasteiger partial charge in [0.15, 0.2) is 0 Å². The van der Waals surface area contributed by atoms with Crippen LogP contribution in [0.25, 0.3) is 0 Å². The molecule has 1 aromatic carbocycles. The highest BCUT2D eigenvalue weighted by atomic mass is 16.3. The molecule has 23 heavy (non-hydrogen) atoms. The fourth-order valence-corrected chi connectivity index (χ4v) is 6.45. The lowest BCUT2D eigenvalue weighted by Gasteiger charge is -2.52. The van der Waals surface area contributed by atoms with Crippen molar-refractivity contribution in [2.24, 2.45) is 23.2 Å². The summed E-state index contributed by atoms with van der Waals surface area (Å²) in [6.07, 6.45) is 8.03. The van der Waals surface area contributed by atoms with Crippen molar-refractivity contribution in [1.82, 2.24) is 0 Å². The predicted octanol–water partition coefficient (Wildman–Crippen LogP) is 4.64. The average molecular weight is 314 g/mol. The second-order valence-electron chi connectivity index (χ2n) is 8.71. The Balaban J connectivity index is 1.75. The summed E-state index contributed by atoms with van der Waals surface area (Å²) in [5.41, 5.74) is 3.22. The molecule has 0 heterocycles. The quantitative estimate of drug-likeness (QED) is 0.835. The highest BCUT2D eigenvalue weighted by Crippen LogP contribution is 2.62. The van der Waals surface area contributed by atoms with Crippen LogP contribution in [-0.4, -0.2) is 16.3 Å². The second kappa shape index (κ2) is 5.51. The maximum Gasteiger partial charge on any atom is 0.115 e. The molecule has 2 N–H and O–H groups in total. The summed E-state index contributed by atoms with van der Waals surface area (Å²) in [5, 5.41) is 20.2. The molecule has 1 aromatic rings. The molecule has 0 amide bonds. The molecule has 3 aliphatic carbocycles. The standard InChI is InChI=1S/C21H30O2/c1-3-4-13-9-14-10-15(22)5-6-17(14)18-7-8-21(2)12-16(23)11-19(21)20(13)18/h5-6,10,13,16,18-20,22-23H,3-4,7-9,11-12H2,1-2H3/t13-,16+,18+,19-,20+,21+/m0/s1. The number of phenolic OH excluding ortho intramolecular Hbond substituents is 1. The summed E-state index contributed by atoms with van der Waals surface area (Å²) in [5.74, 6) is 3.17. The van der Waals surface area contributed by atoms with Gasteiger partial charge < -0.3 is 10.2 Å². The Hall–Kier alpha value is -1.02. The van der Waals surface area contributed by atoms with Crippen LogP contribution in [-0.2, 0) is 6.42 Å². The Morgan fingerprint density at radius 3 is 2.91 bits per heavy atom. The summed E-state index contributed by atoms with van der Waals surface area (Å²) < 4.78 is 0. The number of aliphatic hydroxyl groups excluding tert-OH is 1. The van der Waals surface area contributed by atoms with E-state index in [1.807, 2.05) is 12.1 Å². The summed E-state index contributed by atoms with van der Waals surface area (Å²) in [6.45, 7) is 4.72. The van der Waals surface area contributed by atoms with Crippen molar-refractivity contribution in [1.29, 1.82) is 0 Å². The van der Waals surface area contributed by atoms with Gasteiger partial charge in [0.1, 0.15) is 5.75 Å². The first-order chi connectivity index (χ1) is 11.0. The first-order valence-corrected chi connectivity index (χ1v) is 9.51. The fraction of sp³-hybridized carbons (Fsp3) is 0.714. The van der Waals surface area contributed by atoms with Gasteiger partial charge in [-0.3, -0.25) is 0 Å². The van der Waals surface area contributed by atoms with Crippen LogP contribution in [0.2, 0.25) is 0 Å². The molecule has 0 aliphatic heterocycles. The van der Waals surface area contributed by atoms with E-state index in [0.717, 1.165) is 25.2 Å². The van der Waals surface area contributed by atoms with Crippen LogP contribution in [0.3, 0.4) is 0 Å². The number of hydrogen-bond acceptors (Lipinski definition) is 2. The van der Waals surface area contributed by atoms with E-state index in [2.05, 4.69) is 19.9 Å². The fourth-order valence-electron chi connectivity index (χ4n) is 6.45. The van der Waals surface area contributed by atoms with Crippen molar-refractivity contribution >= 4 is 0 Å². The summed E-state index contributed by atoms with van der Waals surface area (Å²) >= 11 is 0. The SMILES string of the molecule is CCC[C@H]1Cc2cc(O)ccc2[C@H]2CC[C@]3(C)C[C@H](O)C[C@H]3[C@H]12. The van der Waals surface area contributed by atoms with E-state index in [1.165, 1.54) is 36.8 Å². The van der Waals surface area contributed by atoms with Crippen LogP contribution in [0.15, 0.2) is 18.2 Å². The van der Waals surface area contributed by atoms with Crippen LogP contribution >= 0.6 is 0 Å². The Kier molecular flexibility index (Phi) is 3.72. The van der Waals surface area contributed by atoms with Gasteiger partial charge in [-0.05, 0) is 84.5 Å². The Bertz CT molecular complexity index is 596. The lowest BCUT2D eigenvalue weighted by atomic mass is 9.52. The smallest absolute Gasteiger partial charge is 0.115 e. The highest BCUT2D eigenvalue weighted by Gasteiger charge is 2.54. The molecule has 0 unspecified atom stereocenters. The van der Waals surface area contributed by atoms with E-state index in [4.69, 9.17) is 0 Å². The minimum absolute atomic E-state index is 0.0905. The van der Waals surface area contributed by atoms with E-state index in [-0.39, 0.29) is 6.10 Å². The Morgan fingerprint density at radius 2 is 2.13 bits per heavy atom. The Morgan fingerprint density at radius 1 is 1.30 bits per heavy atom.